The van der Waals surface area contributed by atoms with E-state index in [1.807, 2.05) is 0 Å². The fourth-order valence-corrected chi connectivity index (χ4v) is 4.85. The normalized spacial score (nSPS) is 24.7. The van der Waals surface area contributed by atoms with E-state index in [4.69, 9.17) is 4.74 Å². The topological polar surface area (TPSA) is 19.0 Å². The molecule has 2 unspecified atom stereocenters. The van der Waals surface area contributed by atoms with E-state index in [9.17, 15) is 0 Å². The van der Waals surface area contributed by atoms with Crippen molar-refractivity contribution in [2.24, 2.45) is 11.8 Å². The predicted octanol–water partition coefficient (Wildman–Crippen LogP) is 3.57. The summed E-state index contributed by atoms with van der Waals surface area (Å²) in [6.45, 7) is 24.6. The van der Waals surface area contributed by atoms with Crippen molar-refractivity contribution in [3.05, 3.63) is 0 Å². The number of hydrogen-bond acceptors (Lipinski definition) is 4. The molecule has 26 heavy (non-hydrogen) atoms. The van der Waals surface area contributed by atoms with Gasteiger partial charge in [0.2, 0.25) is 0 Å². The largest absolute Gasteiger partial charge is 0.379 e. The van der Waals surface area contributed by atoms with Gasteiger partial charge < -0.3 is 14.5 Å². The van der Waals surface area contributed by atoms with Crippen LogP contribution in [-0.2, 0) is 4.74 Å². The third kappa shape index (κ3) is 6.19. The first-order valence-corrected chi connectivity index (χ1v) is 11.1. The molecule has 0 N–H and O–H groups in total. The van der Waals surface area contributed by atoms with E-state index in [1.165, 1.54) is 52.0 Å². The van der Waals surface area contributed by atoms with Gasteiger partial charge in [-0.3, -0.25) is 4.90 Å². The zero-order valence-corrected chi connectivity index (χ0v) is 18.5. The van der Waals surface area contributed by atoms with Gasteiger partial charge in [0.25, 0.3) is 0 Å². The summed E-state index contributed by atoms with van der Waals surface area (Å²) in [4.78, 5) is 8.04. The number of likely N-dealkylation sites (tertiary alicyclic amines) is 1. The second-order valence-electron chi connectivity index (χ2n) is 9.51. The fourth-order valence-electron chi connectivity index (χ4n) is 4.85. The SMILES string of the molecule is CCN(CCCC(C)N1CCC(C(C)(C)N2CCOCC2)C1)CC(C)C. The zero-order valence-electron chi connectivity index (χ0n) is 18.5. The maximum atomic E-state index is 5.56. The zero-order chi connectivity index (χ0) is 19.2. The molecular weight excluding hydrogens is 322 g/mol. The monoisotopic (exact) mass is 367 g/mol. The van der Waals surface area contributed by atoms with Crippen molar-refractivity contribution < 1.29 is 4.74 Å². The Morgan fingerprint density at radius 3 is 2.42 bits per heavy atom. The van der Waals surface area contributed by atoms with E-state index < -0.39 is 0 Å². The van der Waals surface area contributed by atoms with Gasteiger partial charge in [-0.25, -0.2) is 0 Å². The van der Waals surface area contributed by atoms with Crippen LogP contribution >= 0.6 is 0 Å². The lowest BCUT2D eigenvalue weighted by Crippen LogP contribution is -2.54. The summed E-state index contributed by atoms with van der Waals surface area (Å²) in [7, 11) is 0. The van der Waals surface area contributed by atoms with Gasteiger partial charge in [-0.2, -0.15) is 0 Å². The van der Waals surface area contributed by atoms with Gasteiger partial charge in [-0.05, 0) is 71.5 Å². The highest BCUT2D eigenvalue weighted by molar-refractivity contribution is 4.95. The number of rotatable bonds is 10. The van der Waals surface area contributed by atoms with Crippen LogP contribution in [0.4, 0.5) is 0 Å². The summed E-state index contributed by atoms with van der Waals surface area (Å²) in [5.41, 5.74) is 0.300. The molecule has 0 aromatic heterocycles. The van der Waals surface area contributed by atoms with Gasteiger partial charge in [-0.15, -0.1) is 0 Å². The number of nitrogens with zero attached hydrogens (tertiary/aromatic N) is 3. The van der Waals surface area contributed by atoms with E-state index in [0.717, 1.165) is 44.2 Å². The van der Waals surface area contributed by atoms with Crippen LogP contribution < -0.4 is 0 Å². The first-order valence-electron chi connectivity index (χ1n) is 11.1. The molecule has 2 aliphatic heterocycles. The number of morpholine rings is 1. The van der Waals surface area contributed by atoms with Crippen molar-refractivity contribution in [1.29, 1.82) is 0 Å². The van der Waals surface area contributed by atoms with Crippen molar-refractivity contribution >= 4 is 0 Å². The molecule has 2 fully saturated rings. The summed E-state index contributed by atoms with van der Waals surface area (Å²) < 4.78 is 5.56. The highest BCUT2D eigenvalue weighted by atomic mass is 16.5. The molecule has 0 aromatic carbocycles. The highest BCUT2D eigenvalue weighted by Gasteiger charge is 2.40. The van der Waals surface area contributed by atoms with Crippen LogP contribution in [0.1, 0.15) is 60.8 Å². The molecule has 4 heteroatoms. The molecular formula is C22H45N3O. The third-order valence-electron chi connectivity index (χ3n) is 6.84. The van der Waals surface area contributed by atoms with Crippen LogP contribution in [0.3, 0.4) is 0 Å². The molecule has 0 bridgehead atoms. The van der Waals surface area contributed by atoms with Gasteiger partial charge in [-0.1, -0.05) is 20.8 Å². The Hall–Kier alpha value is -0.160. The Kier molecular flexibility index (Phi) is 8.85. The average molecular weight is 368 g/mol. The lowest BCUT2D eigenvalue weighted by molar-refractivity contribution is -0.0306. The average Bonchev–Trinajstić information content (AvgIpc) is 3.12. The molecule has 0 aromatic rings. The quantitative estimate of drug-likeness (QED) is 0.587. The van der Waals surface area contributed by atoms with Gasteiger partial charge in [0.1, 0.15) is 0 Å². The van der Waals surface area contributed by atoms with E-state index in [-0.39, 0.29) is 0 Å². The van der Waals surface area contributed by atoms with Gasteiger partial charge in [0.05, 0.1) is 13.2 Å². The summed E-state index contributed by atoms with van der Waals surface area (Å²) in [6, 6.07) is 0.721. The van der Waals surface area contributed by atoms with E-state index in [2.05, 4.69) is 56.2 Å². The lowest BCUT2D eigenvalue weighted by atomic mass is 9.84. The highest BCUT2D eigenvalue weighted by Crippen LogP contribution is 2.34. The molecule has 2 rings (SSSR count). The van der Waals surface area contributed by atoms with Gasteiger partial charge in [0.15, 0.2) is 0 Å². The molecule has 0 spiro atoms. The summed E-state index contributed by atoms with van der Waals surface area (Å²) in [5, 5.41) is 0. The Labute approximate surface area is 163 Å². The Morgan fingerprint density at radius 2 is 1.81 bits per heavy atom. The smallest absolute Gasteiger partial charge is 0.0594 e. The van der Waals surface area contributed by atoms with Crippen LogP contribution in [0, 0.1) is 11.8 Å². The second kappa shape index (κ2) is 10.4. The molecule has 2 aliphatic rings. The summed E-state index contributed by atoms with van der Waals surface area (Å²) in [6.07, 6.45) is 4.01. The molecule has 2 heterocycles. The molecule has 0 aliphatic carbocycles. The first-order chi connectivity index (χ1) is 12.3. The summed E-state index contributed by atoms with van der Waals surface area (Å²) >= 11 is 0. The standard InChI is InChI=1S/C22H45N3O/c1-7-23(17-19(2)3)11-8-9-20(4)24-12-10-21(18-24)22(5,6)25-13-15-26-16-14-25/h19-21H,7-18H2,1-6H3. The lowest BCUT2D eigenvalue weighted by Gasteiger charge is -2.45. The minimum Gasteiger partial charge on any atom is -0.379 e. The van der Waals surface area contributed by atoms with Crippen molar-refractivity contribution in [3.8, 4) is 0 Å². The van der Waals surface area contributed by atoms with Crippen LogP contribution in [-0.4, -0.2) is 85.3 Å². The predicted molar refractivity (Wildman–Crippen MR) is 112 cm³/mol. The minimum atomic E-state index is 0.300. The Bertz CT molecular complexity index is 393. The van der Waals surface area contributed by atoms with Crippen molar-refractivity contribution in [2.45, 2.75) is 72.4 Å². The fraction of sp³-hybridized carbons (Fsp3) is 1.00. The second-order valence-corrected chi connectivity index (χ2v) is 9.51. The van der Waals surface area contributed by atoms with E-state index in [1.54, 1.807) is 0 Å². The van der Waals surface area contributed by atoms with Gasteiger partial charge in [0, 0.05) is 37.8 Å². The molecule has 0 radical (unpaired) electrons. The Morgan fingerprint density at radius 1 is 1.12 bits per heavy atom. The van der Waals surface area contributed by atoms with E-state index >= 15 is 0 Å². The van der Waals surface area contributed by atoms with Crippen molar-refractivity contribution in [2.75, 3.05) is 59.0 Å². The van der Waals surface area contributed by atoms with Crippen molar-refractivity contribution in [1.82, 2.24) is 14.7 Å². The van der Waals surface area contributed by atoms with Crippen LogP contribution in [0.2, 0.25) is 0 Å². The Balaban J connectivity index is 1.74. The van der Waals surface area contributed by atoms with E-state index in [0.29, 0.717) is 5.54 Å². The maximum Gasteiger partial charge on any atom is 0.0594 e. The molecule has 2 saturated heterocycles. The molecule has 4 nitrogen and oxygen atoms in total. The number of hydrogen-bond donors (Lipinski definition) is 0. The van der Waals surface area contributed by atoms with Crippen LogP contribution in [0.5, 0.6) is 0 Å². The van der Waals surface area contributed by atoms with Crippen LogP contribution in [0.15, 0.2) is 0 Å². The molecule has 2 atom stereocenters. The maximum absolute atomic E-state index is 5.56. The first kappa shape index (κ1) is 22.1. The molecule has 0 saturated carbocycles. The summed E-state index contributed by atoms with van der Waals surface area (Å²) in [5.74, 6) is 1.56. The third-order valence-corrected chi connectivity index (χ3v) is 6.84. The number of ether oxygens (including phenoxy) is 1. The van der Waals surface area contributed by atoms with Gasteiger partial charge >= 0.3 is 0 Å². The molecule has 154 valence electrons. The molecule has 0 amide bonds. The van der Waals surface area contributed by atoms with Crippen molar-refractivity contribution in [3.63, 3.8) is 0 Å². The minimum absolute atomic E-state index is 0.300. The van der Waals surface area contributed by atoms with Crippen LogP contribution in [0.25, 0.3) is 0 Å².